The summed E-state index contributed by atoms with van der Waals surface area (Å²) in [5.74, 6) is 0. The van der Waals surface area contributed by atoms with Crippen LogP contribution in [0.25, 0.3) is 0 Å². The molecule has 0 bridgehead atoms. The summed E-state index contributed by atoms with van der Waals surface area (Å²) in [6.45, 7) is 6.54. The molecular weight excluding hydrogens is 254 g/mol. The molecule has 1 fully saturated rings. The van der Waals surface area contributed by atoms with E-state index in [1.54, 1.807) is 7.11 Å². The Hall–Kier alpha value is -0.760. The molecular formula is C11H19N3O3S. The maximum Gasteiger partial charge on any atom is 0.294 e. The van der Waals surface area contributed by atoms with Gasteiger partial charge in [0, 0.05) is 20.2 Å². The Balaban J connectivity index is 1.84. The van der Waals surface area contributed by atoms with Crippen molar-refractivity contribution in [1.29, 1.82) is 0 Å². The summed E-state index contributed by atoms with van der Waals surface area (Å²) >= 11 is 1.51. The molecule has 1 aliphatic rings. The van der Waals surface area contributed by atoms with E-state index in [1.807, 2.05) is 6.92 Å². The molecule has 1 saturated heterocycles. The van der Waals surface area contributed by atoms with Gasteiger partial charge in [0.2, 0.25) is 0 Å². The summed E-state index contributed by atoms with van der Waals surface area (Å²) in [5.41, 5.74) is 0. The number of hydrogen-bond donors (Lipinski definition) is 0. The summed E-state index contributed by atoms with van der Waals surface area (Å²) < 4.78 is 16.0. The first kappa shape index (κ1) is 13.7. The normalized spacial score (nSPS) is 21.1. The van der Waals surface area contributed by atoms with Gasteiger partial charge in [-0.1, -0.05) is 11.3 Å². The van der Waals surface area contributed by atoms with Crippen LogP contribution in [-0.4, -0.2) is 61.2 Å². The molecule has 1 unspecified atom stereocenters. The lowest BCUT2D eigenvalue weighted by Crippen LogP contribution is -2.43. The Morgan fingerprint density at radius 1 is 1.50 bits per heavy atom. The highest BCUT2D eigenvalue weighted by Crippen LogP contribution is 2.20. The minimum absolute atomic E-state index is 0.156. The first-order valence-corrected chi connectivity index (χ1v) is 6.91. The van der Waals surface area contributed by atoms with E-state index in [0.29, 0.717) is 18.4 Å². The molecule has 1 aliphatic heterocycles. The van der Waals surface area contributed by atoms with E-state index in [4.69, 9.17) is 14.2 Å². The van der Waals surface area contributed by atoms with E-state index in [2.05, 4.69) is 15.1 Å². The van der Waals surface area contributed by atoms with Gasteiger partial charge in [-0.05, 0) is 6.92 Å². The zero-order chi connectivity index (χ0) is 12.8. The van der Waals surface area contributed by atoms with Crippen molar-refractivity contribution in [2.24, 2.45) is 0 Å². The van der Waals surface area contributed by atoms with Crippen molar-refractivity contribution in [1.82, 2.24) is 15.1 Å². The Morgan fingerprint density at radius 3 is 3.17 bits per heavy atom. The third-order valence-electron chi connectivity index (χ3n) is 2.65. The van der Waals surface area contributed by atoms with Crippen molar-refractivity contribution in [2.45, 2.75) is 19.6 Å². The van der Waals surface area contributed by atoms with Gasteiger partial charge in [0.05, 0.1) is 32.5 Å². The van der Waals surface area contributed by atoms with Crippen LogP contribution >= 0.6 is 11.3 Å². The van der Waals surface area contributed by atoms with Gasteiger partial charge in [-0.2, -0.15) is 0 Å². The van der Waals surface area contributed by atoms with Crippen LogP contribution in [0.5, 0.6) is 5.19 Å². The van der Waals surface area contributed by atoms with Gasteiger partial charge >= 0.3 is 0 Å². The van der Waals surface area contributed by atoms with Gasteiger partial charge in [-0.3, -0.25) is 4.90 Å². The highest BCUT2D eigenvalue weighted by atomic mass is 32.1. The quantitative estimate of drug-likeness (QED) is 0.763. The lowest BCUT2D eigenvalue weighted by Gasteiger charge is -2.31. The Kier molecular flexibility index (Phi) is 5.30. The minimum atomic E-state index is 0.156. The van der Waals surface area contributed by atoms with Crippen molar-refractivity contribution >= 4 is 11.3 Å². The Bertz CT molecular complexity index is 359. The SMILES string of the molecule is CCOc1nnc(CN2CCOC(COC)C2)s1. The molecule has 0 N–H and O–H groups in total. The summed E-state index contributed by atoms with van der Waals surface area (Å²) in [4.78, 5) is 2.31. The summed E-state index contributed by atoms with van der Waals surface area (Å²) in [6.07, 6.45) is 0.156. The van der Waals surface area contributed by atoms with E-state index < -0.39 is 0 Å². The molecule has 18 heavy (non-hydrogen) atoms. The van der Waals surface area contributed by atoms with E-state index in [-0.39, 0.29) is 6.10 Å². The number of nitrogens with zero attached hydrogens (tertiary/aromatic N) is 3. The summed E-state index contributed by atoms with van der Waals surface area (Å²) in [6, 6.07) is 0. The second-order valence-electron chi connectivity index (χ2n) is 4.08. The number of methoxy groups -OCH3 is 1. The fourth-order valence-electron chi connectivity index (χ4n) is 1.89. The molecule has 102 valence electrons. The van der Waals surface area contributed by atoms with E-state index in [0.717, 1.165) is 31.2 Å². The van der Waals surface area contributed by atoms with Crippen LogP contribution in [0.1, 0.15) is 11.9 Å². The topological polar surface area (TPSA) is 56.7 Å². The smallest absolute Gasteiger partial charge is 0.294 e. The molecule has 1 aromatic rings. The molecule has 0 amide bonds. The molecule has 2 rings (SSSR count). The van der Waals surface area contributed by atoms with Crippen LogP contribution in [0.4, 0.5) is 0 Å². The zero-order valence-electron chi connectivity index (χ0n) is 10.8. The van der Waals surface area contributed by atoms with Gasteiger partial charge in [0.25, 0.3) is 5.19 Å². The number of rotatable bonds is 6. The Morgan fingerprint density at radius 2 is 2.39 bits per heavy atom. The van der Waals surface area contributed by atoms with Crippen molar-refractivity contribution in [2.75, 3.05) is 40.0 Å². The molecule has 1 atom stereocenters. The second-order valence-corrected chi connectivity index (χ2v) is 5.10. The van der Waals surface area contributed by atoms with Gasteiger partial charge in [-0.15, -0.1) is 10.2 Å². The van der Waals surface area contributed by atoms with Crippen LogP contribution in [0.2, 0.25) is 0 Å². The van der Waals surface area contributed by atoms with Crippen molar-refractivity contribution in [3.63, 3.8) is 0 Å². The van der Waals surface area contributed by atoms with E-state index >= 15 is 0 Å². The monoisotopic (exact) mass is 273 g/mol. The van der Waals surface area contributed by atoms with Gasteiger partial charge in [0.1, 0.15) is 5.01 Å². The highest BCUT2D eigenvalue weighted by Gasteiger charge is 2.21. The number of aromatic nitrogens is 2. The summed E-state index contributed by atoms with van der Waals surface area (Å²) in [7, 11) is 1.70. The van der Waals surface area contributed by atoms with Gasteiger partial charge < -0.3 is 14.2 Å². The first-order chi connectivity index (χ1) is 8.81. The molecule has 0 aromatic carbocycles. The molecule has 6 nitrogen and oxygen atoms in total. The first-order valence-electron chi connectivity index (χ1n) is 6.10. The molecule has 1 aromatic heterocycles. The average molecular weight is 273 g/mol. The van der Waals surface area contributed by atoms with E-state index in [9.17, 15) is 0 Å². The van der Waals surface area contributed by atoms with Crippen LogP contribution < -0.4 is 4.74 Å². The molecule has 0 saturated carbocycles. The fourth-order valence-corrected chi connectivity index (χ4v) is 2.67. The second kappa shape index (κ2) is 6.98. The summed E-state index contributed by atoms with van der Waals surface area (Å²) in [5, 5.41) is 9.75. The predicted molar refractivity (Wildman–Crippen MR) is 68.0 cm³/mol. The molecule has 0 spiro atoms. The third-order valence-corrected chi connectivity index (χ3v) is 3.47. The maximum atomic E-state index is 5.61. The zero-order valence-corrected chi connectivity index (χ0v) is 11.6. The number of morpholine rings is 1. The van der Waals surface area contributed by atoms with Crippen LogP contribution in [0, 0.1) is 0 Å². The van der Waals surface area contributed by atoms with Crippen molar-refractivity contribution in [3.8, 4) is 5.19 Å². The van der Waals surface area contributed by atoms with Crippen LogP contribution in [0.15, 0.2) is 0 Å². The van der Waals surface area contributed by atoms with Crippen LogP contribution in [-0.2, 0) is 16.0 Å². The van der Waals surface area contributed by atoms with Gasteiger partial charge in [-0.25, -0.2) is 0 Å². The largest absolute Gasteiger partial charge is 0.469 e. The fraction of sp³-hybridized carbons (Fsp3) is 0.818. The molecule has 0 radical (unpaired) electrons. The van der Waals surface area contributed by atoms with Gasteiger partial charge in [0.15, 0.2) is 0 Å². The predicted octanol–water partition coefficient (Wildman–Crippen LogP) is 0.784. The van der Waals surface area contributed by atoms with Crippen LogP contribution in [0.3, 0.4) is 0 Å². The molecule has 2 heterocycles. The van der Waals surface area contributed by atoms with Crippen molar-refractivity contribution in [3.05, 3.63) is 5.01 Å². The average Bonchev–Trinajstić information content (AvgIpc) is 2.78. The maximum absolute atomic E-state index is 5.61. The third kappa shape index (κ3) is 3.88. The molecule has 0 aliphatic carbocycles. The number of ether oxygens (including phenoxy) is 3. The lowest BCUT2D eigenvalue weighted by atomic mass is 10.3. The van der Waals surface area contributed by atoms with E-state index in [1.165, 1.54) is 11.3 Å². The minimum Gasteiger partial charge on any atom is -0.469 e. The molecule has 7 heteroatoms. The number of hydrogen-bond acceptors (Lipinski definition) is 7. The standard InChI is InChI=1S/C11H19N3O3S/c1-3-16-11-13-12-10(18-11)7-14-4-5-17-9(6-14)8-15-2/h9H,3-8H2,1-2H3. The van der Waals surface area contributed by atoms with Crippen molar-refractivity contribution < 1.29 is 14.2 Å². The Labute approximate surface area is 111 Å². The lowest BCUT2D eigenvalue weighted by molar-refractivity contribution is -0.0631. The highest BCUT2D eigenvalue weighted by molar-refractivity contribution is 7.13.